The number of nitrogens with two attached hydrogens (primary N) is 1. The van der Waals surface area contributed by atoms with Crippen molar-refractivity contribution in [2.24, 2.45) is 0 Å². The van der Waals surface area contributed by atoms with Gasteiger partial charge in [-0.3, -0.25) is 4.90 Å². The van der Waals surface area contributed by atoms with Crippen molar-refractivity contribution < 1.29 is 0 Å². The molecule has 0 radical (unpaired) electrons. The second kappa shape index (κ2) is 3.64. The minimum absolute atomic E-state index is 0.682. The third-order valence-corrected chi connectivity index (χ3v) is 3.21. The van der Waals surface area contributed by atoms with Gasteiger partial charge in [-0.2, -0.15) is 0 Å². The van der Waals surface area contributed by atoms with Gasteiger partial charge in [0.2, 0.25) is 0 Å². The first-order valence-corrected chi connectivity index (χ1v) is 5.55. The van der Waals surface area contributed by atoms with Crippen LogP contribution >= 0.6 is 11.3 Å². The first-order valence-electron chi connectivity index (χ1n) is 4.74. The number of hydrogen-bond acceptors (Lipinski definition) is 4. The van der Waals surface area contributed by atoms with Crippen molar-refractivity contribution in [2.45, 2.75) is 32.4 Å². The summed E-state index contributed by atoms with van der Waals surface area (Å²) in [6.07, 6.45) is 4.62. The Kier molecular flexibility index (Phi) is 2.51. The fourth-order valence-corrected chi connectivity index (χ4v) is 2.24. The molecule has 0 spiro atoms. The Bertz CT molecular complexity index is 280. The number of rotatable bonds is 4. The van der Waals surface area contributed by atoms with Crippen molar-refractivity contribution >= 4 is 16.5 Å². The van der Waals surface area contributed by atoms with E-state index in [1.165, 1.54) is 17.7 Å². The number of anilines is 1. The van der Waals surface area contributed by atoms with Gasteiger partial charge in [-0.05, 0) is 19.4 Å². The summed E-state index contributed by atoms with van der Waals surface area (Å²) in [6.45, 7) is 4.36. The maximum atomic E-state index is 5.58. The normalized spacial score (nSPS) is 16.8. The van der Waals surface area contributed by atoms with E-state index in [0.717, 1.165) is 19.1 Å². The SMILES string of the molecule is CCN(Cc1cnc(N)s1)C1CC1. The average Bonchev–Trinajstić information content (AvgIpc) is 2.87. The van der Waals surface area contributed by atoms with Gasteiger partial charge < -0.3 is 5.73 Å². The zero-order chi connectivity index (χ0) is 9.26. The van der Waals surface area contributed by atoms with Crippen molar-refractivity contribution in [3.8, 4) is 0 Å². The van der Waals surface area contributed by atoms with Gasteiger partial charge >= 0.3 is 0 Å². The number of nitrogens with zero attached hydrogens (tertiary/aromatic N) is 2. The molecule has 1 fully saturated rings. The monoisotopic (exact) mass is 197 g/mol. The fourth-order valence-electron chi connectivity index (χ4n) is 1.53. The number of thiazole rings is 1. The Morgan fingerprint density at radius 3 is 2.92 bits per heavy atom. The van der Waals surface area contributed by atoms with Crippen LogP contribution in [0.4, 0.5) is 5.13 Å². The van der Waals surface area contributed by atoms with E-state index in [9.17, 15) is 0 Å². The van der Waals surface area contributed by atoms with E-state index in [0.29, 0.717) is 5.13 Å². The van der Waals surface area contributed by atoms with Crippen LogP contribution in [0, 0.1) is 0 Å². The van der Waals surface area contributed by atoms with Gasteiger partial charge in [-0.15, -0.1) is 11.3 Å². The number of nitrogen functional groups attached to an aromatic ring is 1. The maximum Gasteiger partial charge on any atom is 0.180 e. The first-order chi connectivity index (χ1) is 6.29. The quantitative estimate of drug-likeness (QED) is 0.799. The van der Waals surface area contributed by atoms with Crippen LogP contribution in [0.2, 0.25) is 0 Å². The maximum absolute atomic E-state index is 5.58. The molecule has 1 aromatic heterocycles. The van der Waals surface area contributed by atoms with Crippen LogP contribution in [0.3, 0.4) is 0 Å². The van der Waals surface area contributed by atoms with E-state index < -0.39 is 0 Å². The van der Waals surface area contributed by atoms with E-state index in [4.69, 9.17) is 5.73 Å². The van der Waals surface area contributed by atoms with Gasteiger partial charge in [0.15, 0.2) is 5.13 Å². The summed E-state index contributed by atoms with van der Waals surface area (Å²) < 4.78 is 0. The summed E-state index contributed by atoms with van der Waals surface area (Å²) in [4.78, 5) is 7.83. The van der Waals surface area contributed by atoms with Crippen LogP contribution < -0.4 is 5.73 Å². The van der Waals surface area contributed by atoms with E-state index in [1.54, 1.807) is 11.3 Å². The van der Waals surface area contributed by atoms with Gasteiger partial charge in [0, 0.05) is 23.7 Å². The third-order valence-electron chi connectivity index (χ3n) is 2.40. The summed E-state index contributed by atoms with van der Waals surface area (Å²) in [5.74, 6) is 0. The predicted octanol–water partition coefficient (Wildman–Crippen LogP) is 1.71. The van der Waals surface area contributed by atoms with Gasteiger partial charge in [-0.1, -0.05) is 6.92 Å². The highest BCUT2D eigenvalue weighted by molar-refractivity contribution is 7.15. The molecule has 4 heteroatoms. The average molecular weight is 197 g/mol. The van der Waals surface area contributed by atoms with Crippen molar-refractivity contribution in [1.29, 1.82) is 0 Å². The molecule has 0 aliphatic heterocycles. The third kappa shape index (κ3) is 2.19. The Morgan fingerprint density at radius 1 is 1.69 bits per heavy atom. The molecule has 3 nitrogen and oxygen atoms in total. The van der Waals surface area contributed by atoms with Crippen LogP contribution in [-0.2, 0) is 6.54 Å². The van der Waals surface area contributed by atoms with Crippen molar-refractivity contribution in [3.63, 3.8) is 0 Å². The van der Waals surface area contributed by atoms with E-state index in [2.05, 4.69) is 16.8 Å². The molecule has 1 heterocycles. The summed E-state index contributed by atoms with van der Waals surface area (Å²) >= 11 is 1.60. The number of aromatic nitrogens is 1. The van der Waals surface area contributed by atoms with E-state index in [1.807, 2.05) is 6.20 Å². The van der Waals surface area contributed by atoms with Crippen molar-refractivity contribution in [1.82, 2.24) is 9.88 Å². The molecule has 0 bridgehead atoms. The minimum atomic E-state index is 0.682. The second-order valence-corrected chi connectivity index (χ2v) is 4.61. The zero-order valence-corrected chi connectivity index (χ0v) is 8.68. The molecule has 13 heavy (non-hydrogen) atoms. The second-order valence-electron chi connectivity index (χ2n) is 3.46. The standard InChI is InChI=1S/C9H15N3S/c1-2-12(7-3-4-7)6-8-5-11-9(10)13-8/h5,7H,2-4,6H2,1H3,(H2,10,11). The Morgan fingerprint density at radius 2 is 2.46 bits per heavy atom. The number of hydrogen-bond donors (Lipinski definition) is 1. The van der Waals surface area contributed by atoms with Gasteiger partial charge in [0.1, 0.15) is 0 Å². The molecule has 2 N–H and O–H groups in total. The Labute approximate surface area is 82.6 Å². The topological polar surface area (TPSA) is 42.2 Å². The van der Waals surface area contributed by atoms with Crippen molar-refractivity contribution in [3.05, 3.63) is 11.1 Å². The summed E-state index contributed by atoms with van der Waals surface area (Å²) in [5.41, 5.74) is 5.58. The van der Waals surface area contributed by atoms with Gasteiger partial charge in [0.05, 0.1) is 0 Å². The molecule has 1 saturated carbocycles. The predicted molar refractivity (Wildman–Crippen MR) is 55.6 cm³/mol. The molecule has 2 rings (SSSR count). The summed E-state index contributed by atoms with van der Waals surface area (Å²) in [7, 11) is 0. The van der Waals surface area contributed by atoms with Crippen LogP contribution in [0.25, 0.3) is 0 Å². The molecule has 1 aliphatic carbocycles. The zero-order valence-electron chi connectivity index (χ0n) is 7.86. The van der Waals surface area contributed by atoms with Crippen molar-refractivity contribution in [2.75, 3.05) is 12.3 Å². The Hall–Kier alpha value is -0.610. The highest BCUT2D eigenvalue weighted by atomic mass is 32.1. The van der Waals surface area contributed by atoms with E-state index in [-0.39, 0.29) is 0 Å². The van der Waals surface area contributed by atoms with Crippen LogP contribution in [0.15, 0.2) is 6.20 Å². The molecule has 0 atom stereocenters. The van der Waals surface area contributed by atoms with Gasteiger partial charge in [-0.25, -0.2) is 4.98 Å². The lowest BCUT2D eigenvalue weighted by Gasteiger charge is -2.17. The lowest BCUT2D eigenvalue weighted by atomic mass is 10.4. The van der Waals surface area contributed by atoms with E-state index >= 15 is 0 Å². The fraction of sp³-hybridized carbons (Fsp3) is 0.667. The lowest BCUT2D eigenvalue weighted by Crippen LogP contribution is -2.24. The molecule has 0 unspecified atom stereocenters. The minimum Gasteiger partial charge on any atom is -0.375 e. The summed E-state index contributed by atoms with van der Waals surface area (Å²) in [5, 5.41) is 0.682. The lowest BCUT2D eigenvalue weighted by molar-refractivity contribution is 0.271. The molecule has 0 saturated heterocycles. The largest absolute Gasteiger partial charge is 0.375 e. The smallest absolute Gasteiger partial charge is 0.180 e. The molecule has 1 aromatic rings. The first kappa shape index (κ1) is 8.97. The highest BCUT2D eigenvalue weighted by Crippen LogP contribution is 2.29. The van der Waals surface area contributed by atoms with Crippen LogP contribution in [0.5, 0.6) is 0 Å². The molecular weight excluding hydrogens is 182 g/mol. The van der Waals surface area contributed by atoms with Crippen LogP contribution in [-0.4, -0.2) is 22.5 Å². The molecule has 1 aliphatic rings. The molecule has 72 valence electrons. The summed E-state index contributed by atoms with van der Waals surface area (Å²) in [6, 6.07) is 0.827. The molecular formula is C9H15N3S. The van der Waals surface area contributed by atoms with Crippen LogP contribution in [0.1, 0.15) is 24.6 Å². The molecule has 0 aromatic carbocycles. The molecule has 0 amide bonds. The highest BCUT2D eigenvalue weighted by Gasteiger charge is 2.27. The van der Waals surface area contributed by atoms with Gasteiger partial charge in [0.25, 0.3) is 0 Å². The Balaban J connectivity index is 1.95.